The Kier molecular flexibility index (Phi) is 6.79. The van der Waals surface area contributed by atoms with E-state index in [4.69, 9.17) is 19.4 Å². The molecule has 3 aromatic heterocycles. The molecule has 0 aliphatic carbocycles. The van der Waals surface area contributed by atoms with Crippen molar-refractivity contribution >= 4 is 54.5 Å². The number of aromatic nitrogens is 4. The third-order valence-electron chi connectivity index (χ3n) is 10.4. The van der Waals surface area contributed by atoms with Gasteiger partial charge in [-0.2, -0.15) is 0 Å². The van der Waals surface area contributed by atoms with E-state index in [1.165, 1.54) is 21.8 Å². The van der Waals surface area contributed by atoms with Crippen molar-refractivity contribution in [1.82, 2.24) is 19.5 Å². The van der Waals surface area contributed by atoms with Crippen LogP contribution in [0.1, 0.15) is 0 Å². The number of fused-ring (bicyclic) bond motifs is 8. The average molecular weight is 691 g/mol. The van der Waals surface area contributed by atoms with E-state index in [0.29, 0.717) is 17.5 Å². The summed E-state index contributed by atoms with van der Waals surface area (Å²) in [6, 6.07) is 63.2. The zero-order valence-corrected chi connectivity index (χ0v) is 29.0. The van der Waals surface area contributed by atoms with Gasteiger partial charge in [-0.05, 0) is 52.7 Å². The van der Waals surface area contributed by atoms with Crippen LogP contribution in [-0.2, 0) is 0 Å². The third kappa shape index (κ3) is 4.83. The SMILES string of the molecule is c1ccc(-c2nc(-c3ccccc3)nc(-c3cccc(-c4cc5ccccc5c5c4oc4cc(-n6c7ccccc7c7ccccc76)ccc45)c3)n2)cc1. The van der Waals surface area contributed by atoms with Crippen LogP contribution >= 0.6 is 0 Å². The lowest BCUT2D eigenvalue weighted by atomic mass is 9.95. The maximum absolute atomic E-state index is 6.95. The van der Waals surface area contributed by atoms with Crippen LogP contribution in [0.2, 0.25) is 0 Å². The Balaban J connectivity index is 1.11. The summed E-state index contributed by atoms with van der Waals surface area (Å²) >= 11 is 0. The van der Waals surface area contributed by atoms with Crippen LogP contribution in [0.5, 0.6) is 0 Å². The third-order valence-corrected chi connectivity index (χ3v) is 10.4. The predicted octanol–water partition coefficient (Wildman–Crippen LogP) is 12.7. The minimum absolute atomic E-state index is 0.613. The molecule has 0 aliphatic heterocycles. The largest absolute Gasteiger partial charge is 0.455 e. The lowest BCUT2D eigenvalue weighted by molar-refractivity contribution is 0.670. The van der Waals surface area contributed by atoms with Gasteiger partial charge in [0.15, 0.2) is 17.5 Å². The van der Waals surface area contributed by atoms with Crippen LogP contribution in [0.4, 0.5) is 0 Å². The Labute approximate surface area is 310 Å². The first kappa shape index (κ1) is 30.3. The number of para-hydroxylation sites is 2. The molecule has 54 heavy (non-hydrogen) atoms. The van der Waals surface area contributed by atoms with Crippen molar-refractivity contribution in [3.63, 3.8) is 0 Å². The molecule has 5 heteroatoms. The van der Waals surface area contributed by atoms with E-state index < -0.39 is 0 Å². The Hall–Kier alpha value is -7.37. The number of nitrogens with zero attached hydrogens (tertiary/aromatic N) is 4. The Bertz CT molecular complexity index is 3110. The second kappa shape index (κ2) is 12.1. The molecule has 8 aromatic carbocycles. The van der Waals surface area contributed by atoms with Gasteiger partial charge in [0.1, 0.15) is 11.2 Å². The van der Waals surface area contributed by atoms with Crippen molar-refractivity contribution in [2.75, 3.05) is 0 Å². The number of benzene rings is 8. The molecule has 0 fully saturated rings. The number of rotatable bonds is 5. The van der Waals surface area contributed by atoms with Crippen LogP contribution in [0.25, 0.3) is 105 Å². The molecule has 0 atom stereocenters. The van der Waals surface area contributed by atoms with Gasteiger partial charge in [0.25, 0.3) is 0 Å². The predicted molar refractivity (Wildman–Crippen MR) is 221 cm³/mol. The van der Waals surface area contributed by atoms with Gasteiger partial charge in [-0.15, -0.1) is 0 Å². The van der Waals surface area contributed by atoms with Crippen molar-refractivity contribution < 1.29 is 4.42 Å². The van der Waals surface area contributed by atoms with E-state index in [2.05, 4.69) is 126 Å². The highest BCUT2D eigenvalue weighted by Gasteiger charge is 2.20. The first-order chi connectivity index (χ1) is 26.8. The molecule has 11 aromatic rings. The summed E-state index contributed by atoms with van der Waals surface area (Å²) in [4.78, 5) is 14.9. The molecule has 0 aliphatic rings. The average Bonchev–Trinajstić information content (AvgIpc) is 3.80. The van der Waals surface area contributed by atoms with Crippen LogP contribution in [0.15, 0.2) is 186 Å². The quantitative estimate of drug-likeness (QED) is 0.180. The van der Waals surface area contributed by atoms with Crippen LogP contribution in [0.3, 0.4) is 0 Å². The highest BCUT2D eigenvalue weighted by Crippen LogP contribution is 2.43. The van der Waals surface area contributed by atoms with Gasteiger partial charge < -0.3 is 8.98 Å². The maximum Gasteiger partial charge on any atom is 0.164 e. The molecule has 0 bridgehead atoms. The van der Waals surface area contributed by atoms with E-state index in [1.54, 1.807) is 0 Å². The van der Waals surface area contributed by atoms with Crippen LogP contribution in [-0.4, -0.2) is 19.5 Å². The first-order valence-electron chi connectivity index (χ1n) is 18.1. The standard InChI is InChI=1S/C49H30N4O/c1-3-14-31(15-4-1)47-50-48(32-16-5-2-6-17-32)52-49(51-47)35-20-13-19-33(28-35)41-29-34-18-7-8-21-37(34)45-40-27-26-36(30-44(40)54-46(41)45)53-42-24-11-9-22-38(42)39-23-10-12-25-43(39)53/h1-30H. The summed E-state index contributed by atoms with van der Waals surface area (Å²) in [5.41, 5.74) is 9.90. The van der Waals surface area contributed by atoms with Gasteiger partial charge in [-0.1, -0.05) is 140 Å². The van der Waals surface area contributed by atoms with Gasteiger partial charge in [0, 0.05) is 55.6 Å². The Morgan fingerprint density at radius 2 is 0.926 bits per heavy atom. The van der Waals surface area contributed by atoms with Crippen LogP contribution in [0, 0.1) is 0 Å². The zero-order valence-electron chi connectivity index (χ0n) is 29.0. The van der Waals surface area contributed by atoms with E-state index in [0.717, 1.165) is 66.2 Å². The molecular weight excluding hydrogens is 661 g/mol. The normalized spacial score (nSPS) is 11.7. The van der Waals surface area contributed by atoms with Crippen molar-refractivity contribution in [3.05, 3.63) is 182 Å². The molecule has 252 valence electrons. The summed E-state index contributed by atoms with van der Waals surface area (Å²) in [5.74, 6) is 1.88. The summed E-state index contributed by atoms with van der Waals surface area (Å²) in [6.45, 7) is 0. The second-order valence-electron chi connectivity index (χ2n) is 13.6. The highest BCUT2D eigenvalue weighted by atomic mass is 16.3. The topological polar surface area (TPSA) is 56.7 Å². The lowest BCUT2D eigenvalue weighted by Gasteiger charge is -2.11. The molecule has 0 saturated heterocycles. The second-order valence-corrected chi connectivity index (χ2v) is 13.6. The molecule has 0 radical (unpaired) electrons. The van der Waals surface area contributed by atoms with Crippen LogP contribution < -0.4 is 0 Å². The first-order valence-corrected chi connectivity index (χ1v) is 18.1. The Morgan fingerprint density at radius 3 is 1.59 bits per heavy atom. The van der Waals surface area contributed by atoms with Gasteiger partial charge in [-0.25, -0.2) is 15.0 Å². The molecule has 0 amide bonds. The van der Waals surface area contributed by atoms with Crippen molar-refractivity contribution in [1.29, 1.82) is 0 Å². The van der Waals surface area contributed by atoms with Gasteiger partial charge in [0.2, 0.25) is 0 Å². The summed E-state index contributed by atoms with van der Waals surface area (Å²) in [6.07, 6.45) is 0. The monoisotopic (exact) mass is 690 g/mol. The van der Waals surface area contributed by atoms with Crippen molar-refractivity contribution in [2.24, 2.45) is 0 Å². The Morgan fingerprint density at radius 1 is 0.389 bits per heavy atom. The summed E-state index contributed by atoms with van der Waals surface area (Å²) in [7, 11) is 0. The number of hydrogen-bond donors (Lipinski definition) is 0. The lowest BCUT2D eigenvalue weighted by Crippen LogP contribution is -2.00. The molecule has 11 rings (SSSR count). The molecule has 0 saturated carbocycles. The van der Waals surface area contributed by atoms with Gasteiger partial charge in [-0.3, -0.25) is 0 Å². The molecule has 0 N–H and O–H groups in total. The molecule has 0 unspecified atom stereocenters. The van der Waals surface area contributed by atoms with E-state index >= 15 is 0 Å². The van der Waals surface area contributed by atoms with Gasteiger partial charge in [0.05, 0.1) is 11.0 Å². The highest BCUT2D eigenvalue weighted by molar-refractivity contribution is 6.23. The van der Waals surface area contributed by atoms with Crippen molar-refractivity contribution in [2.45, 2.75) is 0 Å². The fourth-order valence-electron chi connectivity index (χ4n) is 7.93. The summed E-state index contributed by atoms with van der Waals surface area (Å²) in [5, 5.41) is 6.97. The minimum Gasteiger partial charge on any atom is -0.455 e. The minimum atomic E-state index is 0.613. The smallest absolute Gasteiger partial charge is 0.164 e. The van der Waals surface area contributed by atoms with E-state index in [9.17, 15) is 0 Å². The number of furan rings is 1. The fraction of sp³-hybridized carbons (Fsp3) is 0. The fourth-order valence-corrected chi connectivity index (χ4v) is 7.93. The molecular formula is C49H30N4O. The van der Waals surface area contributed by atoms with E-state index in [-0.39, 0.29) is 0 Å². The van der Waals surface area contributed by atoms with Gasteiger partial charge >= 0.3 is 0 Å². The molecule has 3 heterocycles. The molecule has 0 spiro atoms. The van der Waals surface area contributed by atoms with E-state index in [1.807, 2.05) is 60.7 Å². The summed E-state index contributed by atoms with van der Waals surface area (Å²) < 4.78 is 9.29. The zero-order chi connectivity index (χ0) is 35.6. The molecule has 5 nitrogen and oxygen atoms in total. The maximum atomic E-state index is 6.95. The number of hydrogen-bond acceptors (Lipinski definition) is 4. The van der Waals surface area contributed by atoms with Crippen molar-refractivity contribution in [3.8, 4) is 51.0 Å².